The van der Waals surface area contributed by atoms with Crippen LogP contribution in [0.3, 0.4) is 0 Å². The van der Waals surface area contributed by atoms with Crippen molar-refractivity contribution in [3.63, 3.8) is 0 Å². The zero-order chi connectivity index (χ0) is 13.2. The number of nitrogens with zero attached hydrogens (tertiary/aromatic N) is 1. The van der Waals surface area contributed by atoms with E-state index in [1.54, 1.807) is 0 Å². The molecule has 0 spiro atoms. The number of hydrogen-bond acceptors (Lipinski definition) is 4. The van der Waals surface area contributed by atoms with Crippen LogP contribution in [0.1, 0.15) is 46.5 Å². The van der Waals surface area contributed by atoms with Gasteiger partial charge in [0.25, 0.3) is 0 Å². The molecule has 4 heteroatoms. The SMILES string of the molecule is CCOC(=O)C(C)(CN(CC)C1CC1)NC1CC1. The number of carbonyl (C=O) groups excluding carboxylic acids is 1. The third-order valence-corrected chi connectivity index (χ3v) is 3.81. The van der Waals surface area contributed by atoms with Crippen molar-refractivity contribution in [1.29, 1.82) is 0 Å². The van der Waals surface area contributed by atoms with Crippen molar-refractivity contribution >= 4 is 5.97 Å². The van der Waals surface area contributed by atoms with E-state index in [0.29, 0.717) is 18.7 Å². The van der Waals surface area contributed by atoms with E-state index in [0.717, 1.165) is 13.1 Å². The van der Waals surface area contributed by atoms with Gasteiger partial charge in [-0.3, -0.25) is 15.0 Å². The first kappa shape index (κ1) is 13.8. The molecule has 1 N–H and O–H groups in total. The van der Waals surface area contributed by atoms with Crippen LogP contribution in [-0.4, -0.2) is 48.2 Å². The highest BCUT2D eigenvalue weighted by molar-refractivity contribution is 5.80. The standard InChI is InChI=1S/C14H26N2O2/c1-4-16(12-8-9-12)10-14(3,13(17)18-5-2)15-11-6-7-11/h11-12,15H,4-10H2,1-3H3. The molecule has 0 aromatic rings. The van der Waals surface area contributed by atoms with Crippen molar-refractivity contribution in [3.8, 4) is 0 Å². The Labute approximate surface area is 110 Å². The number of rotatable bonds is 8. The maximum atomic E-state index is 12.2. The molecule has 2 rings (SSSR count). The van der Waals surface area contributed by atoms with Crippen molar-refractivity contribution in [2.75, 3.05) is 19.7 Å². The van der Waals surface area contributed by atoms with Crippen LogP contribution in [0.4, 0.5) is 0 Å². The Bertz CT molecular complexity index is 300. The van der Waals surface area contributed by atoms with Gasteiger partial charge in [0.15, 0.2) is 0 Å². The largest absolute Gasteiger partial charge is 0.465 e. The minimum absolute atomic E-state index is 0.101. The number of esters is 1. The summed E-state index contributed by atoms with van der Waals surface area (Å²) in [5.41, 5.74) is -0.546. The minimum atomic E-state index is -0.546. The lowest BCUT2D eigenvalue weighted by molar-refractivity contribution is -0.151. The summed E-state index contributed by atoms with van der Waals surface area (Å²) in [6, 6.07) is 1.20. The number of ether oxygens (including phenoxy) is 1. The third kappa shape index (κ3) is 3.45. The molecule has 2 saturated carbocycles. The Morgan fingerprint density at radius 2 is 2.00 bits per heavy atom. The second-order valence-corrected chi connectivity index (χ2v) is 5.77. The number of nitrogens with one attached hydrogen (secondary N) is 1. The number of carbonyl (C=O) groups is 1. The first-order valence-electron chi connectivity index (χ1n) is 7.28. The summed E-state index contributed by atoms with van der Waals surface area (Å²) in [5, 5.41) is 3.48. The molecule has 0 saturated heterocycles. The van der Waals surface area contributed by atoms with Gasteiger partial charge < -0.3 is 4.74 Å². The van der Waals surface area contributed by atoms with E-state index in [1.165, 1.54) is 25.7 Å². The molecule has 104 valence electrons. The van der Waals surface area contributed by atoms with E-state index >= 15 is 0 Å². The maximum absolute atomic E-state index is 12.2. The predicted molar refractivity (Wildman–Crippen MR) is 71.5 cm³/mol. The molecule has 4 nitrogen and oxygen atoms in total. The molecule has 0 aromatic heterocycles. The Balaban J connectivity index is 1.99. The van der Waals surface area contributed by atoms with Crippen LogP contribution in [0.25, 0.3) is 0 Å². The lowest BCUT2D eigenvalue weighted by Gasteiger charge is -2.34. The first-order valence-corrected chi connectivity index (χ1v) is 7.28. The van der Waals surface area contributed by atoms with Crippen LogP contribution >= 0.6 is 0 Å². The molecule has 2 fully saturated rings. The van der Waals surface area contributed by atoms with E-state index < -0.39 is 5.54 Å². The molecule has 0 bridgehead atoms. The molecule has 2 aliphatic rings. The van der Waals surface area contributed by atoms with Gasteiger partial charge in [0.05, 0.1) is 6.61 Å². The Kier molecular flexibility index (Phi) is 4.28. The molecule has 0 radical (unpaired) electrons. The molecule has 0 amide bonds. The van der Waals surface area contributed by atoms with E-state index in [2.05, 4.69) is 17.1 Å². The fraction of sp³-hybridized carbons (Fsp3) is 0.929. The minimum Gasteiger partial charge on any atom is -0.465 e. The van der Waals surface area contributed by atoms with Gasteiger partial charge in [-0.05, 0) is 46.1 Å². The number of hydrogen-bond donors (Lipinski definition) is 1. The van der Waals surface area contributed by atoms with Gasteiger partial charge in [-0.25, -0.2) is 0 Å². The molecule has 2 aliphatic carbocycles. The topological polar surface area (TPSA) is 41.6 Å². The van der Waals surface area contributed by atoms with Crippen LogP contribution in [-0.2, 0) is 9.53 Å². The highest BCUT2D eigenvalue weighted by atomic mass is 16.5. The molecule has 1 unspecified atom stereocenters. The van der Waals surface area contributed by atoms with Crippen molar-refractivity contribution in [2.24, 2.45) is 0 Å². The first-order chi connectivity index (χ1) is 8.59. The maximum Gasteiger partial charge on any atom is 0.327 e. The summed E-state index contributed by atoms with van der Waals surface area (Å²) in [5.74, 6) is -0.101. The Morgan fingerprint density at radius 1 is 1.33 bits per heavy atom. The smallest absolute Gasteiger partial charge is 0.327 e. The second kappa shape index (κ2) is 5.57. The second-order valence-electron chi connectivity index (χ2n) is 5.77. The van der Waals surface area contributed by atoms with Crippen molar-refractivity contribution < 1.29 is 9.53 Å². The van der Waals surface area contributed by atoms with Crippen LogP contribution < -0.4 is 5.32 Å². The lowest BCUT2D eigenvalue weighted by atomic mass is 10.0. The van der Waals surface area contributed by atoms with Crippen LogP contribution in [0.2, 0.25) is 0 Å². The molecule has 18 heavy (non-hydrogen) atoms. The highest BCUT2D eigenvalue weighted by Gasteiger charge is 2.43. The van der Waals surface area contributed by atoms with Gasteiger partial charge in [-0.2, -0.15) is 0 Å². The van der Waals surface area contributed by atoms with Gasteiger partial charge in [0, 0.05) is 18.6 Å². The highest BCUT2D eigenvalue weighted by Crippen LogP contribution is 2.29. The van der Waals surface area contributed by atoms with Crippen molar-refractivity contribution in [3.05, 3.63) is 0 Å². The summed E-state index contributed by atoms with van der Waals surface area (Å²) in [7, 11) is 0. The quantitative estimate of drug-likeness (QED) is 0.667. The Morgan fingerprint density at radius 3 is 2.44 bits per heavy atom. The zero-order valence-electron chi connectivity index (χ0n) is 11.9. The average Bonchev–Trinajstić information content (AvgIpc) is 3.19. The lowest BCUT2D eigenvalue weighted by Crippen LogP contribution is -2.58. The summed E-state index contributed by atoms with van der Waals surface area (Å²) < 4.78 is 5.25. The molecular formula is C14H26N2O2. The third-order valence-electron chi connectivity index (χ3n) is 3.81. The number of likely N-dealkylation sites (N-methyl/N-ethyl adjacent to an activating group) is 1. The summed E-state index contributed by atoms with van der Waals surface area (Å²) in [6.45, 7) is 8.26. The van der Waals surface area contributed by atoms with Gasteiger partial charge in [-0.15, -0.1) is 0 Å². The molecule has 0 aromatic carbocycles. The van der Waals surface area contributed by atoms with Crippen LogP contribution in [0, 0.1) is 0 Å². The van der Waals surface area contributed by atoms with E-state index in [-0.39, 0.29) is 5.97 Å². The molecule has 0 aliphatic heterocycles. The van der Waals surface area contributed by atoms with Crippen molar-refractivity contribution in [2.45, 2.75) is 64.1 Å². The van der Waals surface area contributed by atoms with Gasteiger partial charge in [-0.1, -0.05) is 6.92 Å². The molecular weight excluding hydrogens is 228 g/mol. The summed E-state index contributed by atoms with van der Waals surface area (Å²) in [4.78, 5) is 14.6. The van der Waals surface area contributed by atoms with Gasteiger partial charge in [0.2, 0.25) is 0 Å². The van der Waals surface area contributed by atoms with E-state index in [4.69, 9.17) is 4.74 Å². The zero-order valence-corrected chi connectivity index (χ0v) is 11.9. The average molecular weight is 254 g/mol. The van der Waals surface area contributed by atoms with E-state index in [9.17, 15) is 4.79 Å². The van der Waals surface area contributed by atoms with E-state index in [1.807, 2.05) is 13.8 Å². The van der Waals surface area contributed by atoms with Crippen LogP contribution in [0.5, 0.6) is 0 Å². The molecule has 0 heterocycles. The summed E-state index contributed by atoms with van der Waals surface area (Å²) >= 11 is 0. The van der Waals surface area contributed by atoms with Crippen LogP contribution in [0.15, 0.2) is 0 Å². The van der Waals surface area contributed by atoms with Gasteiger partial charge >= 0.3 is 5.97 Å². The summed E-state index contributed by atoms with van der Waals surface area (Å²) in [6.07, 6.45) is 4.92. The fourth-order valence-electron chi connectivity index (χ4n) is 2.48. The fourth-order valence-corrected chi connectivity index (χ4v) is 2.48. The predicted octanol–water partition coefficient (Wildman–Crippen LogP) is 1.54. The molecule has 1 atom stereocenters. The van der Waals surface area contributed by atoms with Gasteiger partial charge in [0.1, 0.15) is 5.54 Å². The Hall–Kier alpha value is -0.610. The normalized spacial score (nSPS) is 22.9. The monoisotopic (exact) mass is 254 g/mol. The van der Waals surface area contributed by atoms with Crippen molar-refractivity contribution in [1.82, 2.24) is 10.2 Å².